The van der Waals surface area contributed by atoms with Crippen LogP contribution < -0.4 is 10.6 Å². The highest BCUT2D eigenvalue weighted by Crippen LogP contribution is 2.15. The van der Waals surface area contributed by atoms with Gasteiger partial charge in [0.25, 0.3) is 5.91 Å². The summed E-state index contributed by atoms with van der Waals surface area (Å²) in [6.45, 7) is 3.64. The van der Waals surface area contributed by atoms with Crippen LogP contribution in [0.1, 0.15) is 24.2 Å². The molecule has 1 aromatic carbocycles. The molecule has 100 valence electrons. The molecular weight excluding hydrogens is 232 g/mol. The minimum atomic E-state index is -0.931. The van der Waals surface area contributed by atoms with Gasteiger partial charge in [0.05, 0.1) is 18.3 Å². The summed E-state index contributed by atoms with van der Waals surface area (Å²) in [4.78, 5) is 11.9. The minimum Gasteiger partial charge on any atom is -0.394 e. The Morgan fingerprint density at radius 3 is 2.61 bits per heavy atom. The predicted molar refractivity (Wildman–Crippen MR) is 70.6 cm³/mol. The lowest BCUT2D eigenvalue weighted by atomic mass is 10.1. The van der Waals surface area contributed by atoms with Crippen molar-refractivity contribution in [2.45, 2.75) is 26.0 Å². The fourth-order valence-corrected chi connectivity index (χ4v) is 1.49. The molecule has 1 amide bonds. The maximum Gasteiger partial charge on any atom is 0.253 e. The molecule has 1 atom stereocenters. The maximum atomic E-state index is 11.9. The average molecular weight is 252 g/mol. The molecule has 0 aliphatic heterocycles. The second-order valence-corrected chi connectivity index (χ2v) is 4.39. The Kier molecular flexibility index (Phi) is 5.61. The van der Waals surface area contributed by atoms with E-state index in [0.29, 0.717) is 5.56 Å². The molecule has 4 N–H and O–H groups in total. The van der Waals surface area contributed by atoms with Crippen molar-refractivity contribution >= 4 is 11.6 Å². The lowest BCUT2D eigenvalue weighted by Gasteiger charge is -2.15. The van der Waals surface area contributed by atoms with Crippen molar-refractivity contribution < 1.29 is 15.0 Å². The topological polar surface area (TPSA) is 81.6 Å². The highest BCUT2D eigenvalue weighted by atomic mass is 16.3. The third kappa shape index (κ3) is 4.35. The van der Waals surface area contributed by atoms with E-state index in [2.05, 4.69) is 10.6 Å². The van der Waals surface area contributed by atoms with Crippen LogP contribution in [0.3, 0.4) is 0 Å². The molecule has 0 bridgehead atoms. The van der Waals surface area contributed by atoms with E-state index in [1.807, 2.05) is 26.0 Å². The van der Waals surface area contributed by atoms with Crippen molar-refractivity contribution in [1.29, 1.82) is 0 Å². The molecule has 1 unspecified atom stereocenters. The standard InChI is InChI=1S/C13H20N2O3/c1-9(2)15-12-6-4-3-5-11(12)13(18)14-7-10(17)8-16/h3-6,9-10,15-17H,7-8H2,1-2H3,(H,14,18). The fraction of sp³-hybridized carbons (Fsp3) is 0.462. The molecule has 1 rings (SSSR count). The maximum absolute atomic E-state index is 11.9. The van der Waals surface area contributed by atoms with Gasteiger partial charge in [-0.05, 0) is 26.0 Å². The largest absolute Gasteiger partial charge is 0.394 e. The summed E-state index contributed by atoms with van der Waals surface area (Å²) in [5.41, 5.74) is 1.28. The van der Waals surface area contributed by atoms with Gasteiger partial charge >= 0.3 is 0 Å². The van der Waals surface area contributed by atoms with Crippen LogP contribution in [0.4, 0.5) is 5.69 Å². The summed E-state index contributed by atoms with van der Waals surface area (Å²) in [5.74, 6) is -0.272. The Labute approximate surface area is 107 Å². The monoisotopic (exact) mass is 252 g/mol. The highest BCUT2D eigenvalue weighted by Gasteiger charge is 2.12. The molecule has 0 radical (unpaired) electrons. The first kappa shape index (κ1) is 14.5. The van der Waals surface area contributed by atoms with Crippen LogP contribution >= 0.6 is 0 Å². The van der Waals surface area contributed by atoms with E-state index in [0.717, 1.165) is 5.69 Å². The number of anilines is 1. The van der Waals surface area contributed by atoms with E-state index < -0.39 is 6.10 Å². The quantitative estimate of drug-likeness (QED) is 0.597. The molecule has 0 aromatic heterocycles. The number of aliphatic hydroxyl groups excluding tert-OH is 2. The third-order valence-corrected chi connectivity index (χ3v) is 2.32. The van der Waals surface area contributed by atoms with Crippen molar-refractivity contribution in [3.05, 3.63) is 29.8 Å². The highest BCUT2D eigenvalue weighted by molar-refractivity contribution is 5.99. The van der Waals surface area contributed by atoms with Crippen LogP contribution in [0.25, 0.3) is 0 Å². The lowest BCUT2D eigenvalue weighted by Crippen LogP contribution is -2.34. The number of rotatable bonds is 6. The number of benzene rings is 1. The SMILES string of the molecule is CC(C)Nc1ccccc1C(=O)NCC(O)CO. The van der Waals surface area contributed by atoms with Crippen LogP contribution in [-0.2, 0) is 0 Å². The Morgan fingerprint density at radius 2 is 2.00 bits per heavy atom. The molecule has 0 saturated heterocycles. The van der Waals surface area contributed by atoms with Gasteiger partial charge in [-0.15, -0.1) is 0 Å². The van der Waals surface area contributed by atoms with Gasteiger partial charge in [0.15, 0.2) is 0 Å². The molecule has 18 heavy (non-hydrogen) atoms. The Hall–Kier alpha value is -1.59. The Bertz CT molecular complexity index is 394. The third-order valence-electron chi connectivity index (χ3n) is 2.32. The number of hydrogen-bond acceptors (Lipinski definition) is 4. The number of aliphatic hydroxyl groups is 2. The number of nitrogens with one attached hydrogen (secondary N) is 2. The molecule has 5 nitrogen and oxygen atoms in total. The molecule has 1 aromatic rings. The van der Waals surface area contributed by atoms with Gasteiger partial charge in [0, 0.05) is 18.3 Å². The fourth-order valence-electron chi connectivity index (χ4n) is 1.49. The Balaban J connectivity index is 2.72. The summed E-state index contributed by atoms with van der Waals surface area (Å²) >= 11 is 0. The van der Waals surface area contributed by atoms with Crippen molar-refractivity contribution in [2.24, 2.45) is 0 Å². The number of carbonyl (C=O) groups excluding carboxylic acids is 1. The van der Waals surface area contributed by atoms with Crippen molar-refractivity contribution in [3.63, 3.8) is 0 Å². The first-order valence-electron chi connectivity index (χ1n) is 5.97. The van der Waals surface area contributed by atoms with Gasteiger partial charge < -0.3 is 20.8 Å². The van der Waals surface area contributed by atoms with Crippen LogP contribution in [0.5, 0.6) is 0 Å². The normalized spacial score (nSPS) is 12.3. The molecule has 0 spiro atoms. The van der Waals surface area contributed by atoms with Crippen LogP contribution in [0, 0.1) is 0 Å². The zero-order valence-electron chi connectivity index (χ0n) is 10.7. The molecule has 0 aliphatic rings. The summed E-state index contributed by atoms with van der Waals surface area (Å²) in [5, 5.41) is 23.6. The number of carbonyl (C=O) groups is 1. The molecule has 0 heterocycles. The van der Waals surface area contributed by atoms with E-state index >= 15 is 0 Å². The van der Waals surface area contributed by atoms with Crippen LogP contribution in [0.2, 0.25) is 0 Å². The minimum absolute atomic E-state index is 0.0331. The van der Waals surface area contributed by atoms with Crippen molar-refractivity contribution in [1.82, 2.24) is 5.32 Å². The van der Waals surface area contributed by atoms with Gasteiger partial charge in [-0.25, -0.2) is 0 Å². The zero-order chi connectivity index (χ0) is 13.5. The molecule has 0 saturated carbocycles. The first-order chi connectivity index (χ1) is 8.54. The molecule has 0 aliphatic carbocycles. The Morgan fingerprint density at radius 1 is 1.33 bits per heavy atom. The van der Waals surface area contributed by atoms with Gasteiger partial charge in [0.1, 0.15) is 0 Å². The van der Waals surface area contributed by atoms with Gasteiger partial charge in [-0.2, -0.15) is 0 Å². The van der Waals surface area contributed by atoms with Crippen LogP contribution in [-0.4, -0.2) is 41.4 Å². The summed E-state index contributed by atoms with van der Waals surface area (Å²) in [7, 11) is 0. The predicted octanol–water partition coefficient (Wildman–Crippen LogP) is 0.590. The summed E-state index contributed by atoms with van der Waals surface area (Å²) in [6, 6.07) is 7.40. The summed E-state index contributed by atoms with van der Waals surface area (Å²) < 4.78 is 0. The second kappa shape index (κ2) is 6.98. The first-order valence-corrected chi connectivity index (χ1v) is 5.97. The van der Waals surface area contributed by atoms with Gasteiger partial charge in [0.2, 0.25) is 0 Å². The molecule has 0 fully saturated rings. The van der Waals surface area contributed by atoms with E-state index in [4.69, 9.17) is 5.11 Å². The van der Waals surface area contributed by atoms with E-state index in [-0.39, 0.29) is 25.1 Å². The van der Waals surface area contributed by atoms with E-state index in [9.17, 15) is 9.90 Å². The number of hydrogen-bond donors (Lipinski definition) is 4. The van der Waals surface area contributed by atoms with E-state index in [1.54, 1.807) is 12.1 Å². The zero-order valence-corrected chi connectivity index (χ0v) is 10.7. The average Bonchev–Trinajstić information content (AvgIpc) is 2.35. The van der Waals surface area contributed by atoms with Gasteiger partial charge in [-0.1, -0.05) is 12.1 Å². The van der Waals surface area contributed by atoms with Gasteiger partial charge in [-0.3, -0.25) is 4.79 Å². The van der Waals surface area contributed by atoms with Crippen LogP contribution in [0.15, 0.2) is 24.3 Å². The smallest absolute Gasteiger partial charge is 0.253 e. The second-order valence-electron chi connectivity index (χ2n) is 4.39. The molecular formula is C13H20N2O3. The molecule has 5 heteroatoms. The lowest BCUT2D eigenvalue weighted by molar-refractivity contribution is 0.0802. The number of amides is 1. The van der Waals surface area contributed by atoms with E-state index in [1.165, 1.54) is 0 Å². The van der Waals surface area contributed by atoms with Crippen molar-refractivity contribution in [2.75, 3.05) is 18.5 Å². The summed E-state index contributed by atoms with van der Waals surface area (Å²) in [6.07, 6.45) is -0.931. The number of para-hydroxylation sites is 1. The van der Waals surface area contributed by atoms with Crippen molar-refractivity contribution in [3.8, 4) is 0 Å².